The molecule has 16 heteroatoms. The van der Waals surface area contributed by atoms with Crippen LogP contribution >= 0.6 is 0 Å². The van der Waals surface area contributed by atoms with Gasteiger partial charge in [-0.2, -0.15) is 17.2 Å². The number of rotatable bonds is 11. The topological polar surface area (TPSA) is 169 Å². The number of hydrogen-bond acceptors (Lipinski definition) is 11. The number of carbonyl (C=O) groups excluding carboxylic acids is 4. The van der Waals surface area contributed by atoms with Crippen LogP contribution in [0.3, 0.4) is 0 Å². The molecule has 0 aromatic heterocycles. The minimum Gasteiger partial charge on any atom is -0.462 e. The van der Waals surface area contributed by atoms with Crippen molar-refractivity contribution >= 4 is 34.0 Å². The Hall–Kier alpha value is -2.46. The highest BCUT2D eigenvalue weighted by molar-refractivity contribution is 7.86. The van der Waals surface area contributed by atoms with E-state index < -0.39 is 107 Å². The summed E-state index contributed by atoms with van der Waals surface area (Å²) in [5.41, 5.74) is -0.620. The van der Waals surface area contributed by atoms with Crippen LogP contribution in [0, 0.1) is 35.5 Å². The molecule has 4 saturated carbocycles. The van der Waals surface area contributed by atoms with Crippen LogP contribution in [0.4, 0.5) is 13.2 Å². The molecule has 1 N–H and O–H groups in total. The van der Waals surface area contributed by atoms with Gasteiger partial charge in [0, 0.05) is 0 Å². The largest absolute Gasteiger partial charge is 0.462 e. The van der Waals surface area contributed by atoms with Gasteiger partial charge in [-0.15, -0.1) is 0 Å². The van der Waals surface area contributed by atoms with E-state index in [0.29, 0.717) is 18.3 Å². The third kappa shape index (κ3) is 4.91. The van der Waals surface area contributed by atoms with Gasteiger partial charge < -0.3 is 23.7 Å². The first-order chi connectivity index (χ1) is 20.2. The van der Waals surface area contributed by atoms with E-state index in [2.05, 4.69) is 4.74 Å². The van der Waals surface area contributed by atoms with E-state index in [1.54, 1.807) is 0 Å². The zero-order chi connectivity index (χ0) is 31.1. The van der Waals surface area contributed by atoms with Gasteiger partial charge in [0.1, 0.15) is 36.3 Å². The third-order valence-electron chi connectivity index (χ3n) is 10.4. The third-order valence-corrected chi connectivity index (χ3v) is 11.4. The van der Waals surface area contributed by atoms with Crippen LogP contribution in [0.25, 0.3) is 0 Å². The van der Waals surface area contributed by atoms with Crippen LogP contribution in [0.15, 0.2) is 0 Å². The van der Waals surface area contributed by atoms with Gasteiger partial charge in [-0.25, -0.2) is 4.39 Å². The van der Waals surface area contributed by atoms with Crippen molar-refractivity contribution in [3.63, 3.8) is 0 Å². The Balaban J connectivity index is 1.06. The molecule has 240 valence electrons. The van der Waals surface area contributed by atoms with Crippen molar-refractivity contribution in [2.45, 2.75) is 99.7 Å². The lowest BCUT2D eigenvalue weighted by molar-refractivity contribution is -0.217. The van der Waals surface area contributed by atoms with Crippen LogP contribution < -0.4 is 0 Å². The monoisotopic (exact) mass is 638 g/mol. The van der Waals surface area contributed by atoms with Crippen LogP contribution in [0.2, 0.25) is 0 Å². The molecule has 7 fully saturated rings. The Labute approximate surface area is 245 Å². The molecule has 7 atom stereocenters. The van der Waals surface area contributed by atoms with Crippen molar-refractivity contribution in [2.24, 2.45) is 35.5 Å². The lowest BCUT2D eigenvalue weighted by Crippen LogP contribution is -2.60. The summed E-state index contributed by atoms with van der Waals surface area (Å²) in [6.45, 7) is 0.322. The van der Waals surface area contributed by atoms with E-state index in [0.717, 1.165) is 25.7 Å². The maximum absolute atomic E-state index is 13.8. The maximum Gasteiger partial charge on any atom is 0.403 e. The molecule has 6 bridgehead atoms. The number of ether oxygens (including phenoxy) is 5. The first-order valence-electron chi connectivity index (χ1n) is 14.6. The second kappa shape index (κ2) is 10.6. The van der Waals surface area contributed by atoms with Crippen LogP contribution in [0.1, 0.15) is 58.3 Å². The summed E-state index contributed by atoms with van der Waals surface area (Å²) >= 11 is 0. The minimum atomic E-state index is -6.08. The SMILES string of the molecule is CCC1(OC(=O)C2C3OC4C(OC(=O)C42)C3OC(=O)CCC(=O)OCC(F)C(F)(F)S(=O)(=O)O)C2CC3CC(C2)CC1C3. The zero-order valence-electron chi connectivity index (χ0n) is 23.2. The van der Waals surface area contributed by atoms with E-state index in [4.69, 9.17) is 23.5 Å². The molecule has 4 aliphatic carbocycles. The fourth-order valence-corrected chi connectivity index (χ4v) is 9.10. The van der Waals surface area contributed by atoms with Crippen molar-refractivity contribution in [3.05, 3.63) is 0 Å². The highest BCUT2D eigenvalue weighted by atomic mass is 32.2. The molecule has 0 spiro atoms. The summed E-state index contributed by atoms with van der Waals surface area (Å²) < 4.78 is 97.1. The second-order valence-electron chi connectivity index (χ2n) is 12.7. The van der Waals surface area contributed by atoms with Gasteiger partial charge in [-0.1, -0.05) is 6.92 Å². The van der Waals surface area contributed by atoms with Crippen LogP contribution in [-0.2, 0) is 53.0 Å². The summed E-state index contributed by atoms with van der Waals surface area (Å²) in [6, 6.07) is 0. The van der Waals surface area contributed by atoms with E-state index in [1.807, 2.05) is 6.92 Å². The standard InChI is InChI=1S/C27H33F3O12S/c1-2-26(13-6-11-5-12(8-13)9-14(26)7-11)42-25(34)19-18-20-23(41-24(18)33)22(21(19)40-20)39-17(32)4-3-16(31)38-10-15(28)27(29,30)43(35,36)37/h11-15,18-23H,2-10H2,1H3,(H,35,36,37). The Bertz CT molecular complexity index is 1280. The fraction of sp³-hybridized carbons (Fsp3) is 0.852. The average Bonchev–Trinajstić information content (AvgIpc) is 3.55. The van der Waals surface area contributed by atoms with Gasteiger partial charge >= 0.3 is 39.2 Å². The van der Waals surface area contributed by atoms with E-state index in [1.165, 1.54) is 6.42 Å². The average molecular weight is 639 g/mol. The Morgan fingerprint density at radius 1 is 1.02 bits per heavy atom. The molecule has 7 rings (SSSR count). The molecule has 0 amide bonds. The summed E-state index contributed by atoms with van der Waals surface area (Å²) in [5, 5.41) is -5.20. The highest BCUT2D eigenvalue weighted by Crippen LogP contribution is 2.61. The lowest BCUT2D eigenvalue weighted by atomic mass is 9.49. The fourth-order valence-electron chi connectivity index (χ4n) is 8.70. The molecule has 12 nitrogen and oxygen atoms in total. The van der Waals surface area contributed by atoms with Crippen molar-refractivity contribution in [1.82, 2.24) is 0 Å². The second-order valence-corrected chi connectivity index (χ2v) is 14.2. The number of fused-ring (bicyclic) bond motifs is 1. The molecule has 7 unspecified atom stereocenters. The smallest absolute Gasteiger partial charge is 0.403 e. The van der Waals surface area contributed by atoms with E-state index in [9.17, 15) is 40.8 Å². The van der Waals surface area contributed by atoms with Crippen LogP contribution in [-0.4, -0.2) is 84.9 Å². The first kappa shape index (κ1) is 30.6. The lowest BCUT2D eigenvalue weighted by Gasteiger charge is -2.60. The Kier molecular flexibility index (Phi) is 7.51. The van der Waals surface area contributed by atoms with Gasteiger partial charge in [0.2, 0.25) is 6.17 Å². The molecular weight excluding hydrogens is 605 g/mol. The summed E-state index contributed by atoms with van der Waals surface area (Å²) in [7, 11) is -6.08. The number of alkyl halides is 3. The van der Waals surface area contributed by atoms with E-state index >= 15 is 0 Å². The molecule has 0 aromatic rings. The number of halogens is 3. The van der Waals surface area contributed by atoms with Crippen molar-refractivity contribution in [2.75, 3.05) is 6.61 Å². The molecule has 0 aromatic carbocycles. The van der Waals surface area contributed by atoms with Crippen LogP contribution in [0.5, 0.6) is 0 Å². The molecular formula is C27H33F3O12S. The van der Waals surface area contributed by atoms with Gasteiger partial charge in [-0.05, 0) is 62.2 Å². The highest BCUT2D eigenvalue weighted by Gasteiger charge is 2.73. The molecule has 43 heavy (non-hydrogen) atoms. The predicted molar refractivity (Wildman–Crippen MR) is 133 cm³/mol. The number of carbonyl (C=O) groups is 4. The predicted octanol–water partition coefficient (Wildman–Crippen LogP) is 2.13. The molecule has 0 radical (unpaired) electrons. The van der Waals surface area contributed by atoms with Gasteiger partial charge in [0.25, 0.3) is 0 Å². The quantitative estimate of drug-likeness (QED) is 0.199. The Morgan fingerprint density at radius 2 is 1.63 bits per heavy atom. The maximum atomic E-state index is 13.8. The first-order valence-corrected chi connectivity index (χ1v) is 16.0. The van der Waals surface area contributed by atoms with Gasteiger partial charge in [0.15, 0.2) is 12.2 Å². The van der Waals surface area contributed by atoms with Crippen molar-refractivity contribution in [3.8, 4) is 0 Å². The number of esters is 4. The zero-order valence-corrected chi connectivity index (χ0v) is 24.0. The van der Waals surface area contributed by atoms with E-state index in [-0.39, 0.29) is 11.8 Å². The molecule has 3 aliphatic heterocycles. The molecule has 3 saturated heterocycles. The van der Waals surface area contributed by atoms with Crippen molar-refractivity contribution < 1.29 is 69.0 Å². The van der Waals surface area contributed by atoms with Gasteiger partial charge in [-0.3, -0.25) is 23.7 Å². The Morgan fingerprint density at radius 3 is 2.21 bits per heavy atom. The summed E-state index contributed by atoms with van der Waals surface area (Å²) in [5.74, 6) is -3.69. The normalized spacial score (nSPS) is 41.2. The molecule has 7 aliphatic rings. The summed E-state index contributed by atoms with van der Waals surface area (Å²) in [6.07, 6.45) is -2.99. The minimum absolute atomic E-state index is 0.251. The number of hydrogen-bond donors (Lipinski definition) is 1. The molecule has 3 heterocycles. The van der Waals surface area contributed by atoms with Crippen molar-refractivity contribution in [1.29, 1.82) is 0 Å². The summed E-state index contributed by atoms with van der Waals surface area (Å²) in [4.78, 5) is 51.0. The van der Waals surface area contributed by atoms with Gasteiger partial charge in [0.05, 0.1) is 12.8 Å².